The van der Waals surface area contributed by atoms with Gasteiger partial charge >= 0.3 is 0 Å². The third-order valence-electron chi connectivity index (χ3n) is 2.60. The average molecular weight is 213 g/mol. The minimum absolute atomic E-state index is 0.828. The van der Waals surface area contributed by atoms with Crippen LogP contribution >= 0.6 is 0 Å². The van der Waals surface area contributed by atoms with E-state index in [0.717, 1.165) is 28.8 Å². The van der Waals surface area contributed by atoms with Gasteiger partial charge in [-0.2, -0.15) is 0 Å². The standard InChI is InChI=1S/C11H11N5/c1-2-16-7-10(14-15-16)8-3-5-12-11-9(8)4-6-13-11/h3-7H,2H2,1H3,(H,12,13). The lowest BCUT2D eigenvalue weighted by Gasteiger charge is -1.97. The van der Waals surface area contributed by atoms with Crippen LogP contribution < -0.4 is 0 Å². The van der Waals surface area contributed by atoms with Crippen LogP contribution in [0.3, 0.4) is 0 Å². The maximum absolute atomic E-state index is 4.24. The maximum Gasteiger partial charge on any atom is 0.137 e. The molecular weight excluding hydrogens is 202 g/mol. The first-order valence-electron chi connectivity index (χ1n) is 5.21. The second kappa shape index (κ2) is 3.44. The molecule has 0 saturated heterocycles. The van der Waals surface area contributed by atoms with Crippen molar-refractivity contribution in [3.63, 3.8) is 0 Å². The lowest BCUT2D eigenvalue weighted by Crippen LogP contribution is -1.93. The molecule has 0 aliphatic carbocycles. The van der Waals surface area contributed by atoms with E-state index >= 15 is 0 Å². The molecule has 0 saturated carbocycles. The Morgan fingerprint density at radius 2 is 2.31 bits per heavy atom. The molecule has 3 aromatic heterocycles. The van der Waals surface area contributed by atoms with Crippen molar-refractivity contribution in [2.24, 2.45) is 0 Å². The molecule has 5 nitrogen and oxygen atoms in total. The fourth-order valence-corrected chi connectivity index (χ4v) is 1.76. The molecule has 0 unspecified atom stereocenters. The second-order valence-electron chi connectivity index (χ2n) is 3.56. The SMILES string of the molecule is CCn1cc(-c2ccnc3[nH]ccc23)nn1. The number of pyridine rings is 1. The van der Waals surface area contributed by atoms with Crippen LogP contribution in [-0.4, -0.2) is 25.0 Å². The van der Waals surface area contributed by atoms with Crippen molar-refractivity contribution in [2.45, 2.75) is 13.5 Å². The molecule has 1 N–H and O–H groups in total. The Morgan fingerprint density at radius 3 is 3.12 bits per heavy atom. The van der Waals surface area contributed by atoms with Crippen LogP contribution in [0.5, 0.6) is 0 Å². The van der Waals surface area contributed by atoms with Gasteiger partial charge in [-0.25, -0.2) is 4.98 Å². The summed E-state index contributed by atoms with van der Waals surface area (Å²) in [5.41, 5.74) is 2.82. The molecule has 0 aromatic carbocycles. The first kappa shape index (κ1) is 9.08. The highest BCUT2D eigenvalue weighted by atomic mass is 15.4. The van der Waals surface area contributed by atoms with Crippen LogP contribution in [0, 0.1) is 0 Å². The average Bonchev–Trinajstić information content (AvgIpc) is 2.97. The van der Waals surface area contributed by atoms with Gasteiger partial charge in [0.15, 0.2) is 0 Å². The minimum Gasteiger partial charge on any atom is -0.346 e. The lowest BCUT2D eigenvalue weighted by molar-refractivity contribution is 0.627. The molecule has 0 atom stereocenters. The maximum atomic E-state index is 4.24. The number of fused-ring (bicyclic) bond motifs is 1. The Kier molecular flexibility index (Phi) is 1.96. The molecule has 0 aliphatic rings. The number of H-pyrrole nitrogens is 1. The van der Waals surface area contributed by atoms with E-state index in [1.165, 1.54) is 0 Å². The van der Waals surface area contributed by atoms with Crippen LogP contribution in [0.25, 0.3) is 22.3 Å². The lowest BCUT2D eigenvalue weighted by atomic mass is 10.1. The minimum atomic E-state index is 0.828. The summed E-state index contributed by atoms with van der Waals surface area (Å²) in [7, 11) is 0. The van der Waals surface area contributed by atoms with Crippen LogP contribution in [0.4, 0.5) is 0 Å². The summed E-state index contributed by atoms with van der Waals surface area (Å²) in [6.07, 6.45) is 5.60. The van der Waals surface area contributed by atoms with Gasteiger partial charge in [0, 0.05) is 29.9 Å². The summed E-state index contributed by atoms with van der Waals surface area (Å²) >= 11 is 0. The molecule has 3 aromatic rings. The molecule has 0 fully saturated rings. The van der Waals surface area contributed by atoms with Crippen LogP contribution in [-0.2, 0) is 6.54 Å². The number of aromatic nitrogens is 5. The second-order valence-corrected chi connectivity index (χ2v) is 3.56. The molecule has 0 amide bonds. The Labute approximate surface area is 92.1 Å². The first-order chi connectivity index (χ1) is 7.88. The fourth-order valence-electron chi connectivity index (χ4n) is 1.76. The summed E-state index contributed by atoms with van der Waals surface area (Å²) in [5.74, 6) is 0. The van der Waals surface area contributed by atoms with Gasteiger partial charge in [-0.1, -0.05) is 5.21 Å². The summed E-state index contributed by atoms with van der Waals surface area (Å²) in [4.78, 5) is 7.33. The van der Waals surface area contributed by atoms with E-state index in [0.29, 0.717) is 0 Å². The van der Waals surface area contributed by atoms with Gasteiger partial charge in [0.2, 0.25) is 0 Å². The Morgan fingerprint density at radius 1 is 1.38 bits per heavy atom. The zero-order chi connectivity index (χ0) is 11.0. The third-order valence-corrected chi connectivity index (χ3v) is 2.60. The Hall–Kier alpha value is -2.17. The van der Waals surface area contributed by atoms with Crippen molar-refractivity contribution >= 4 is 11.0 Å². The predicted octanol–water partition coefficient (Wildman–Crippen LogP) is 1.84. The number of hydrogen-bond acceptors (Lipinski definition) is 3. The van der Waals surface area contributed by atoms with E-state index in [4.69, 9.17) is 0 Å². The molecule has 80 valence electrons. The predicted molar refractivity (Wildman–Crippen MR) is 60.8 cm³/mol. The monoisotopic (exact) mass is 213 g/mol. The molecule has 5 heteroatoms. The van der Waals surface area contributed by atoms with Crippen LogP contribution in [0.2, 0.25) is 0 Å². The number of nitrogens with zero attached hydrogens (tertiary/aromatic N) is 4. The molecular formula is C11H11N5. The van der Waals surface area contributed by atoms with Gasteiger partial charge in [0.05, 0.1) is 6.20 Å². The highest BCUT2D eigenvalue weighted by Gasteiger charge is 2.08. The van der Waals surface area contributed by atoms with Crippen molar-refractivity contribution in [1.82, 2.24) is 25.0 Å². The van der Waals surface area contributed by atoms with Crippen LogP contribution in [0.15, 0.2) is 30.7 Å². The highest BCUT2D eigenvalue weighted by molar-refractivity contribution is 5.91. The first-order valence-corrected chi connectivity index (χ1v) is 5.21. The molecule has 0 radical (unpaired) electrons. The number of aromatic amines is 1. The third kappa shape index (κ3) is 1.29. The van der Waals surface area contributed by atoms with Crippen molar-refractivity contribution < 1.29 is 0 Å². The molecule has 0 bridgehead atoms. The molecule has 3 heterocycles. The van der Waals surface area contributed by atoms with Gasteiger partial charge < -0.3 is 4.98 Å². The summed E-state index contributed by atoms with van der Waals surface area (Å²) in [5, 5.41) is 9.27. The van der Waals surface area contributed by atoms with E-state index in [2.05, 4.69) is 20.3 Å². The van der Waals surface area contributed by atoms with Gasteiger partial charge in [0.25, 0.3) is 0 Å². The summed E-state index contributed by atoms with van der Waals surface area (Å²) < 4.78 is 1.81. The van der Waals surface area contributed by atoms with Gasteiger partial charge in [-0.3, -0.25) is 4.68 Å². The largest absolute Gasteiger partial charge is 0.346 e. The summed E-state index contributed by atoms with van der Waals surface area (Å²) in [6.45, 7) is 2.87. The normalized spacial score (nSPS) is 11.1. The Balaban J connectivity index is 2.21. The zero-order valence-corrected chi connectivity index (χ0v) is 8.88. The molecule has 0 aliphatic heterocycles. The highest BCUT2D eigenvalue weighted by Crippen LogP contribution is 2.24. The number of nitrogens with one attached hydrogen (secondary N) is 1. The van der Waals surface area contributed by atoms with Crippen LogP contribution in [0.1, 0.15) is 6.92 Å². The number of aryl methyl sites for hydroxylation is 1. The van der Waals surface area contributed by atoms with Crippen molar-refractivity contribution in [3.05, 3.63) is 30.7 Å². The van der Waals surface area contributed by atoms with E-state index < -0.39 is 0 Å². The van der Waals surface area contributed by atoms with Gasteiger partial charge in [-0.05, 0) is 19.1 Å². The van der Waals surface area contributed by atoms with E-state index in [-0.39, 0.29) is 0 Å². The van der Waals surface area contributed by atoms with E-state index in [1.807, 2.05) is 36.1 Å². The Bertz CT molecular complexity index is 622. The molecule has 3 rings (SSSR count). The zero-order valence-electron chi connectivity index (χ0n) is 8.88. The fraction of sp³-hybridized carbons (Fsp3) is 0.182. The topological polar surface area (TPSA) is 59.4 Å². The molecule has 16 heavy (non-hydrogen) atoms. The van der Waals surface area contributed by atoms with E-state index in [9.17, 15) is 0 Å². The summed E-state index contributed by atoms with van der Waals surface area (Å²) in [6, 6.07) is 3.96. The quantitative estimate of drug-likeness (QED) is 0.706. The van der Waals surface area contributed by atoms with E-state index in [1.54, 1.807) is 6.20 Å². The smallest absolute Gasteiger partial charge is 0.137 e. The van der Waals surface area contributed by atoms with Gasteiger partial charge in [0.1, 0.15) is 11.3 Å². The molecule has 0 spiro atoms. The van der Waals surface area contributed by atoms with Crippen molar-refractivity contribution in [1.29, 1.82) is 0 Å². The van der Waals surface area contributed by atoms with Crippen molar-refractivity contribution in [2.75, 3.05) is 0 Å². The van der Waals surface area contributed by atoms with Gasteiger partial charge in [-0.15, -0.1) is 5.10 Å². The number of hydrogen-bond donors (Lipinski definition) is 1. The van der Waals surface area contributed by atoms with Crippen molar-refractivity contribution in [3.8, 4) is 11.3 Å². The number of rotatable bonds is 2.